The first-order valence-electron chi connectivity index (χ1n) is 8.25. The number of carbonyl (C=O) groups is 2. The third-order valence-electron chi connectivity index (χ3n) is 4.12. The molecule has 1 aliphatic rings. The Labute approximate surface area is 152 Å². The van der Waals surface area contributed by atoms with Gasteiger partial charge in [0.25, 0.3) is 0 Å². The number of halogens is 1. The molecular weight excluding hydrogens is 372 g/mol. The Morgan fingerprint density at radius 3 is 2.33 bits per heavy atom. The van der Waals surface area contributed by atoms with E-state index in [2.05, 4.69) is 53.7 Å². The summed E-state index contributed by atoms with van der Waals surface area (Å²) in [5, 5.41) is 0. The predicted molar refractivity (Wildman–Crippen MR) is 98.3 cm³/mol. The highest BCUT2D eigenvalue weighted by Crippen LogP contribution is 2.34. The number of nitrogens with zero attached hydrogens (tertiary/aromatic N) is 2. The molecule has 0 atom stereocenters. The van der Waals surface area contributed by atoms with Gasteiger partial charge in [-0.15, -0.1) is 0 Å². The minimum atomic E-state index is -0.759. The minimum absolute atomic E-state index is 0.0248. The molecule has 6 heteroatoms. The summed E-state index contributed by atoms with van der Waals surface area (Å²) in [7, 11) is 0. The second-order valence-corrected chi connectivity index (χ2v) is 7.83. The average molecular weight is 397 g/mol. The van der Waals surface area contributed by atoms with Gasteiger partial charge in [0.05, 0.1) is 6.61 Å². The molecule has 1 amide bonds. The Morgan fingerprint density at radius 2 is 1.79 bits per heavy atom. The van der Waals surface area contributed by atoms with E-state index in [1.807, 2.05) is 6.07 Å². The number of piperazine rings is 1. The Balaban J connectivity index is 2.10. The molecule has 2 rings (SSSR count). The zero-order valence-electron chi connectivity index (χ0n) is 14.8. The predicted octanol–water partition coefficient (Wildman–Crippen LogP) is 2.96. The first-order valence-corrected chi connectivity index (χ1v) is 9.04. The molecule has 1 saturated heterocycles. The summed E-state index contributed by atoms with van der Waals surface area (Å²) in [5.74, 6) is -1.30. The van der Waals surface area contributed by atoms with Gasteiger partial charge < -0.3 is 14.5 Å². The molecular formula is C18H25BrN2O3. The van der Waals surface area contributed by atoms with Gasteiger partial charge in [-0.05, 0) is 36.1 Å². The summed E-state index contributed by atoms with van der Waals surface area (Å²) in [6.07, 6.45) is 0. The molecule has 0 spiro atoms. The maximum Gasteiger partial charge on any atom is 0.397 e. The van der Waals surface area contributed by atoms with Crippen LogP contribution in [0.15, 0.2) is 22.7 Å². The molecule has 24 heavy (non-hydrogen) atoms. The molecule has 0 aromatic heterocycles. The van der Waals surface area contributed by atoms with Crippen molar-refractivity contribution in [3.63, 3.8) is 0 Å². The van der Waals surface area contributed by atoms with Crippen molar-refractivity contribution in [2.75, 3.05) is 37.7 Å². The van der Waals surface area contributed by atoms with Crippen LogP contribution in [0, 0.1) is 0 Å². The van der Waals surface area contributed by atoms with Gasteiger partial charge in [0, 0.05) is 36.3 Å². The second-order valence-electron chi connectivity index (χ2n) is 6.91. The van der Waals surface area contributed by atoms with E-state index in [9.17, 15) is 9.59 Å². The lowest BCUT2D eigenvalue weighted by molar-refractivity contribution is -0.160. The smallest absolute Gasteiger partial charge is 0.397 e. The molecule has 1 aromatic carbocycles. The molecule has 1 aromatic rings. The molecule has 0 radical (unpaired) electrons. The SMILES string of the molecule is CCOC(=O)C(=O)N1CCN(c2ccc(Br)cc2C(C)(C)C)CC1. The lowest BCUT2D eigenvalue weighted by Crippen LogP contribution is -2.51. The molecule has 5 nitrogen and oxygen atoms in total. The summed E-state index contributed by atoms with van der Waals surface area (Å²) in [5.41, 5.74) is 2.48. The number of benzene rings is 1. The summed E-state index contributed by atoms with van der Waals surface area (Å²) < 4.78 is 5.86. The van der Waals surface area contributed by atoms with Crippen LogP contribution in [0.4, 0.5) is 5.69 Å². The third-order valence-corrected chi connectivity index (χ3v) is 4.62. The van der Waals surface area contributed by atoms with Crippen LogP contribution in [0.5, 0.6) is 0 Å². The van der Waals surface area contributed by atoms with E-state index in [4.69, 9.17) is 4.74 Å². The number of amides is 1. The maximum atomic E-state index is 12.0. The highest BCUT2D eigenvalue weighted by Gasteiger charge is 2.29. The monoisotopic (exact) mass is 396 g/mol. The standard InChI is InChI=1S/C18H25BrN2O3/c1-5-24-17(23)16(22)21-10-8-20(9-11-21)15-7-6-13(19)12-14(15)18(2,3)4/h6-7,12H,5,8-11H2,1-4H3. The number of anilines is 1. The highest BCUT2D eigenvalue weighted by molar-refractivity contribution is 9.10. The van der Waals surface area contributed by atoms with E-state index < -0.39 is 11.9 Å². The fourth-order valence-electron chi connectivity index (χ4n) is 2.86. The number of hydrogen-bond acceptors (Lipinski definition) is 4. The largest absolute Gasteiger partial charge is 0.459 e. The quantitative estimate of drug-likeness (QED) is 0.569. The van der Waals surface area contributed by atoms with Crippen LogP contribution in [0.25, 0.3) is 0 Å². The van der Waals surface area contributed by atoms with Gasteiger partial charge in [-0.2, -0.15) is 0 Å². The van der Waals surface area contributed by atoms with Gasteiger partial charge in [0.2, 0.25) is 0 Å². The number of carbonyl (C=O) groups excluding carboxylic acids is 2. The van der Waals surface area contributed by atoms with E-state index in [-0.39, 0.29) is 12.0 Å². The Morgan fingerprint density at radius 1 is 1.17 bits per heavy atom. The van der Waals surface area contributed by atoms with Crippen molar-refractivity contribution in [2.24, 2.45) is 0 Å². The van der Waals surface area contributed by atoms with Crippen LogP contribution in [-0.2, 0) is 19.7 Å². The molecule has 0 N–H and O–H groups in total. The lowest BCUT2D eigenvalue weighted by Gasteiger charge is -2.38. The van der Waals surface area contributed by atoms with Crippen LogP contribution in [0.1, 0.15) is 33.3 Å². The van der Waals surface area contributed by atoms with Crippen molar-refractivity contribution in [3.05, 3.63) is 28.2 Å². The van der Waals surface area contributed by atoms with Crippen molar-refractivity contribution in [1.82, 2.24) is 4.90 Å². The zero-order chi connectivity index (χ0) is 17.9. The molecule has 0 bridgehead atoms. The number of rotatable bonds is 2. The van der Waals surface area contributed by atoms with Crippen LogP contribution < -0.4 is 4.90 Å². The van der Waals surface area contributed by atoms with Gasteiger partial charge in [0.1, 0.15) is 0 Å². The van der Waals surface area contributed by atoms with E-state index >= 15 is 0 Å². The Bertz CT molecular complexity index is 617. The Kier molecular flexibility index (Phi) is 5.91. The summed E-state index contributed by atoms with van der Waals surface area (Å²) in [6.45, 7) is 11.0. The van der Waals surface area contributed by atoms with Crippen molar-refractivity contribution in [1.29, 1.82) is 0 Å². The van der Waals surface area contributed by atoms with Crippen LogP contribution >= 0.6 is 15.9 Å². The van der Waals surface area contributed by atoms with Crippen LogP contribution in [-0.4, -0.2) is 49.6 Å². The second kappa shape index (κ2) is 7.55. The lowest BCUT2D eigenvalue weighted by atomic mass is 9.85. The highest BCUT2D eigenvalue weighted by atomic mass is 79.9. The average Bonchev–Trinajstić information content (AvgIpc) is 2.54. The normalized spacial score (nSPS) is 15.4. The third kappa shape index (κ3) is 4.29. The molecule has 132 valence electrons. The maximum absolute atomic E-state index is 12.0. The van der Waals surface area contributed by atoms with Gasteiger partial charge >= 0.3 is 11.9 Å². The summed E-state index contributed by atoms with van der Waals surface area (Å²) >= 11 is 3.55. The van der Waals surface area contributed by atoms with Crippen LogP contribution in [0.3, 0.4) is 0 Å². The van der Waals surface area contributed by atoms with E-state index in [0.717, 1.165) is 4.47 Å². The first kappa shape index (κ1) is 18.8. The fraction of sp³-hybridized carbons (Fsp3) is 0.556. The first-order chi connectivity index (χ1) is 11.2. The van der Waals surface area contributed by atoms with E-state index in [0.29, 0.717) is 26.2 Å². The number of esters is 1. The van der Waals surface area contributed by atoms with Crippen molar-refractivity contribution < 1.29 is 14.3 Å². The molecule has 0 saturated carbocycles. The molecule has 0 aliphatic carbocycles. The van der Waals surface area contributed by atoms with Gasteiger partial charge in [0.15, 0.2) is 0 Å². The number of ether oxygens (including phenoxy) is 1. The summed E-state index contributed by atoms with van der Waals surface area (Å²) in [4.78, 5) is 27.5. The molecule has 1 fully saturated rings. The van der Waals surface area contributed by atoms with Gasteiger partial charge in [-0.3, -0.25) is 4.79 Å². The minimum Gasteiger partial charge on any atom is -0.459 e. The Hall–Kier alpha value is -1.56. The molecule has 1 heterocycles. The van der Waals surface area contributed by atoms with Gasteiger partial charge in [-0.1, -0.05) is 36.7 Å². The van der Waals surface area contributed by atoms with Crippen molar-refractivity contribution >= 4 is 33.5 Å². The fourth-order valence-corrected chi connectivity index (χ4v) is 3.22. The van der Waals surface area contributed by atoms with Crippen molar-refractivity contribution in [3.8, 4) is 0 Å². The zero-order valence-corrected chi connectivity index (χ0v) is 16.4. The number of hydrogen-bond donors (Lipinski definition) is 0. The van der Waals surface area contributed by atoms with E-state index in [1.165, 1.54) is 11.3 Å². The van der Waals surface area contributed by atoms with Crippen molar-refractivity contribution in [2.45, 2.75) is 33.1 Å². The molecule has 0 unspecified atom stereocenters. The van der Waals surface area contributed by atoms with Crippen LogP contribution in [0.2, 0.25) is 0 Å². The molecule has 1 aliphatic heterocycles. The topological polar surface area (TPSA) is 49.9 Å². The van der Waals surface area contributed by atoms with E-state index in [1.54, 1.807) is 11.8 Å². The van der Waals surface area contributed by atoms with Gasteiger partial charge in [-0.25, -0.2) is 4.79 Å². The summed E-state index contributed by atoms with van der Waals surface area (Å²) in [6, 6.07) is 6.32.